The highest BCUT2D eigenvalue weighted by molar-refractivity contribution is 5.69. The Bertz CT molecular complexity index is 228. The van der Waals surface area contributed by atoms with Crippen molar-refractivity contribution in [2.45, 2.75) is 31.3 Å². The van der Waals surface area contributed by atoms with Crippen LogP contribution in [0.2, 0.25) is 0 Å². The van der Waals surface area contributed by atoms with E-state index in [4.69, 9.17) is 5.11 Å². The van der Waals surface area contributed by atoms with E-state index < -0.39 is 5.97 Å². The summed E-state index contributed by atoms with van der Waals surface area (Å²) in [5.41, 5.74) is 0. The summed E-state index contributed by atoms with van der Waals surface area (Å²) in [4.78, 5) is 15.0. The van der Waals surface area contributed by atoms with Crippen LogP contribution in [0.5, 0.6) is 0 Å². The molecule has 0 bridgehead atoms. The number of nitrogens with zero attached hydrogens (tertiary/aromatic N) is 2. The number of likely N-dealkylation sites (N-methyl/N-ethyl adjacent to an activating group) is 1. The summed E-state index contributed by atoms with van der Waals surface area (Å²) in [6.45, 7) is 2.39. The predicted octanol–water partition coefficient (Wildman–Crippen LogP) is 0.240. The van der Waals surface area contributed by atoms with E-state index >= 15 is 0 Å². The maximum absolute atomic E-state index is 10.5. The van der Waals surface area contributed by atoms with E-state index in [-0.39, 0.29) is 6.54 Å². The van der Waals surface area contributed by atoms with Crippen LogP contribution < -0.4 is 0 Å². The van der Waals surface area contributed by atoms with Crippen LogP contribution in [-0.2, 0) is 4.79 Å². The molecule has 0 aromatic rings. The molecule has 1 atom stereocenters. The molecule has 0 aromatic heterocycles. The molecule has 1 saturated heterocycles. The fourth-order valence-corrected chi connectivity index (χ4v) is 2.24. The van der Waals surface area contributed by atoms with E-state index in [1.54, 1.807) is 0 Å². The van der Waals surface area contributed by atoms with E-state index in [9.17, 15) is 4.79 Å². The van der Waals surface area contributed by atoms with Crippen LogP contribution in [0, 0.1) is 0 Å². The van der Waals surface area contributed by atoms with Gasteiger partial charge in [0.15, 0.2) is 0 Å². The predicted molar refractivity (Wildman–Crippen MR) is 53.3 cm³/mol. The van der Waals surface area contributed by atoms with E-state index in [1.165, 1.54) is 12.8 Å². The molecule has 2 rings (SSSR count). The number of carboxylic acid groups (broad SMARTS) is 1. The van der Waals surface area contributed by atoms with Crippen LogP contribution in [0.4, 0.5) is 0 Å². The number of hydrogen-bond acceptors (Lipinski definition) is 3. The van der Waals surface area contributed by atoms with Crippen molar-refractivity contribution < 1.29 is 9.90 Å². The van der Waals surface area contributed by atoms with Gasteiger partial charge in [0.25, 0.3) is 0 Å². The highest BCUT2D eigenvalue weighted by atomic mass is 16.4. The molecule has 0 amide bonds. The monoisotopic (exact) mass is 198 g/mol. The fourth-order valence-electron chi connectivity index (χ4n) is 2.24. The molecule has 1 unspecified atom stereocenters. The van der Waals surface area contributed by atoms with E-state index in [0.717, 1.165) is 25.6 Å². The molecule has 1 saturated carbocycles. The normalized spacial score (nSPS) is 28.6. The zero-order chi connectivity index (χ0) is 10.1. The summed E-state index contributed by atoms with van der Waals surface area (Å²) >= 11 is 0. The Kier molecular flexibility index (Phi) is 2.74. The van der Waals surface area contributed by atoms with Gasteiger partial charge in [-0.3, -0.25) is 14.6 Å². The Balaban J connectivity index is 1.78. The van der Waals surface area contributed by atoms with Gasteiger partial charge < -0.3 is 5.11 Å². The summed E-state index contributed by atoms with van der Waals surface area (Å²) in [7, 11) is 1.91. The van der Waals surface area contributed by atoms with Gasteiger partial charge in [0.1, 0.15) is 0 Å². The lowest BCUT2D eigenvalue weighted by atomic mass is 10.2. The Morgan fingerprint density at radius 1 is 1.50 bits per heavy atom. The first kappa shape index (κ1) is 9.93. The molecule has 1 N–H and O–H groups in total. The molecule has 4 nitrogen and oxygen atoms in total. The van der Waals surface area contributed by atoms with Crippen molar-refractivity contribution in [3.63, 3.8) is 0 Å². The second-order valence-electron chi connectivity index (χ2n) is 4.48. The van der Waals surface area contributed by atoms with Gasteiger partial charge in [0.05, 0.1) is 6.54 Å². The van der Waals surface area contributed by atoms with Crippen LogP contribution in [0.3, 0.4) is 0 Å². The average Bonchev–Trinajstić information content (AvgIpc) is 2.82. The van der Waals surface area contributed by atoms with Gasteiger partial charge in [-0.1, -0.05) is 0 Å². The molecule has 1 aliphatic carbocycles. The molecule has 0 spiro atoms. The number of carbonyl (C=O) groups is 1. The van der Waals surface area contributed by atoms with Crippen LogP contribution in [0.25, 0.3) is 0 Å². The van der Waals surface area contributed by atoms with E-state index in [1.807, 2.05) is 11.9 Å². The molecule has 4 heteroatoms. The van der Waals surface area contributed by atoms with Gasteiger partial charge in [-0.05, 0) is 26.3 Å². The number of hydrogen-bond donors (Lipinski definition) is 1. The zero-order valence-electron chi connectivity index (χ0n) is 8.65. The van der Waals surface area contributed by atoms with Crippen molar-refractivity contribution in [3.05, 3.63) is 0 Å². The van der Waals surface area contributed by atoms with Crippen LogP contribution in [0.1, 0.15) is 19.3 Å². The van der Waals surface area contributed by atoms with Gasteiger partial charge >= 0.3 is 5.97 Å². The lowest BCUT2D eigenvalue weighted by Gasteiger charge is -2.22. The third-order valence-electron chi connectivity index (χ3n) is 3.27. The third kappa shape index (κ3) is 2.25. The minimum absolute atomic E-state index is 0.170. The van der Waals surface area contributed by atoms with Crippen molar-refractivity contribution in [2.75, 3.05) is 26.7 Å². The molecule has 2 aliphatic rings. The molecule has 0 radical (unpaired) electrons. The number of rotatable bonds is 4. The highest BCUT2D eigenvalue weighted by Gasteiger charge is 2.35. The smallest absolute Gasteiger partial charge is 0.317 e. The molecule has 1 aliphatic heterocycles. The first-order valence-electron chi connectivity index (χ1n) is 5.33. The molecule has 0 aromatic carbocycles. The second-order valence-corrected chi connectivity index (χ2v) is 4.48. The topological polar surface area (TPSA) is 43.8 Å². The van der Waals surface area contributed by atoms with Crippen LogP contribution >= 0.6 is 0 Å². The summed E-state index contributed by atoms with van der Waals surface area (Å²) in [6, 6.07) is 1.27. The minimum Gasteiger partial charge on any atom is -0.480 e. The Morgan fingerprint density at radius 2 is 2.21 bits per heavy atom. The molecular weight excluding hydrogens is 180 g/mol. The van der Waals surface area contributed by atoms with E-state index in [0.29, 0.717) is 6.04 Å². The van der Waals surface area contributed by atoms with Crippen molar-refractivity contribution in [1.29, 1.82) is 0 Å². The Morgan fingerprint density at radius 3 is 2.79 bits per heavy atom. The zero-order valence-corrected chi connectivity index (χ0v) is 8.65. The molecular formula is C10H18N2O2. The number of likely N-dealkylation sites (tertiary alicyclic amines) is 1. The second kappa shape index (κ2) is 3.87. The lowest BCUT2D eigenvalue weighted by Crippen LogP contribution is -2.38. The molecule has 1 heterocycles. The summed E-state index contributed by atoms with van der Waals surface area (Å²) in [6.07, 6.45) is 3.81. The maximum atomic E-state index is 10.5. The molecule has 80 valence electrons. The summed E-state index contributed by atoms with van der Waals surface area (Å²) in [5.74, 6) is -0.725. The van der Waals surface area contributed by atoms with Gasteiger partial charge in [-0.2, -0.15) is 0 Å². The van der Waals surface area contributed by atoms with Crippen molar-refractivity contribution in [3.8, 4) is 0 Å². The Labute approximate surface area is 84.5 Å². The summed E-state index contributed by atoms with van der Waals surface area (Å²) < 4.78 is 0. The highest BCUT2D eigenvalue weighted by Crippen LogP contribution is 2.30. The third-order valence-corrected chi connectivity index (χ3v) is 3.27. The van der Waals surface area contributed by atoms with E-state index in [2.05, 4.69) is 4.90 Å². The fraction of sp³-hybridized carbons (Fsp3) is 0.900. The maximum Gasteiger partial charge on any atom is 0.317 e. The van der Waals surface area contributed by atoms with Gasteiger partial charge in [-0.25, -0.2) is 0 Å². The average molecular weight is 198 g/mol. The lowest BCUT2D eigenvalue weighted by molar-refractivity contribution is -0.138. The van der Waals surface area contributed by atoms with Gasteiger partial charge in [0.2, 0.25) is 0 Å². The largest absolute Gasteiger partial charge is 0.480 e. The number of carboxylic acids is 1. The van der Waals surface area contributed by atoms with Gasteiger partial charge in [0, 0.05) is 25.2 Å². The first-order chi connectivity index (χ1) is 6.66. The van der Waals surface area contributed by atoms with Gasteiger partial charge in [-0.15, -0.1) is 0 Å². The number of aliphatic carboxylic acids is 1. The van der Waals surface area contributed by atoms with Crippen LogP contribution in [-0.4, -0.2) is 59.6 Å². The molecule has 2 fully saturated rings. The van der Waals surface area contributed by atoms with Crippen molar-refractivity contribution >= 4 is 5.97 Å². The van der Waals surface area contributed by atoms with Crippen LogP contribution in [0.15, 0.2) is 0 Å². The first-order valence-corrected chi connectivity index (χ1v) is 5.33. The molecule has 14 heavy (non-hydrogen) atoms. The summed E-state index contributed by atoms with van der Waals surface area (Å²) in [5, 5.41) is 8.68. The quantitative estimate of drug-likeness (QED) is 0.702. The SMILES string of the molecule is CN(CC(=O)O)C1CCN(C2CC2)C1. The standard InChI is InChI=1S/C10H18N2O2/c1-11(7-10(13)14)9-4-5-12(6-9)8-2-3-8/h8-9H,2-7H2,1H3,(H,13,14). The van der Waals surface area contributed by atoms with Crippen molar-refractivity contribution in [2.24, 2.45) is 0 Å². The minimum atomic E-state index is -0.725. The Hall–Kier alpha value is -0.610. The van der Waals surface area contributed by atoms with Crippen molar-refractivity contribution in [1.82, 2.24) is 9.80 Å².